The van der Waals surface area contributed by atoms with Gasteiger partial charge >= 0.3 is 5.97 Å². The van der Waals surface area contributed by atoms with Gasteiger partial charge in [-0.2, -0.15) is 0 Å². The smallest absolute Gasteiger partial charge is 0.339 e. The fraction of sp³-hybridized carbons (Fsp3) is 0.304. The minimum absolute atomic E-state index is 0.0329. The number of H-pyrrole nitrogens is 1. The Labute approximate surface area is 175 Å². The molecule has 152 valence electrons. The van der Waals surface area contributed by atoms with Crippen LogP contribution in [0.4, 0.5) is 0 Å². The van der Waals surface area contributed by atoms with Gasteiger partial charge < -0.3 is 15.0 Å². The number of carbonyl (C=O) groups is 2. The van der Waals surface area contributed by atoms with Gasteiger partial charge in [-0.05, 0) is 44.7 Å². The van der Waals surface area contributed by atoms with Crippen molar-refractivity contribution >= 4 is 23.1 Å². The fourth-order valence-electron chi connectivity index (χ4n) is 3.62. The molecule has 0 aliphatic heterocycles. The highest BCUT2D eigenvalue weighted by Gasteiger charge is 2.30. The first-order chi connectivity index (χ1) is 13.8. The molecule has 0 fully saturated rings. The van der Waals surface area contributed by atoms with Crippen LogP contribution in [0, 0.1) is 20.8 Å². The minimum Gasteiger partial charge on any atom is -0.465 e. The number of ether oxygens (including phenoxy) is 1. The predicted molar refractivity (Wildman–Crippen MR) is 115 cm³/mol. The number of rotatable bonds is 7. The molecular formula is C23H27N2O3S+. The van der Waals surface area contributed by atoms with Crippen LogP contribution in [0.5, 0.6) is 0 Å². The highest BCUT2D eigenvalue weighted by molar-refractivity contribution is 7.10. The number of quaternary nitrogens is 1. The molecule has 0 amide bonds. The van der Waals surface area contributed by atoms with Crippen molar-refractivity contribution < 1.29 is 19.6 Å². The zero-order valence-corrected chi connectivity index (χ0v) is 18.2. The summed E-state index contributed by atoms with van der Waals surface area (Å²) < 4.78 is 4.86. The highest BCUT2D eigenvalue weighted by atomic mass is 32.1. The molecule has 0 saturated carbocycles. The second-order valence-corrected chi connectivity index (χ2v) is 8.35. The lowest BCUT2D eigenvalue weighted by Gasteiger charge is -2.19. The molecule has 3 N–H and O–H groups in total. The van der Waals surface area contributed by atoms with E-state index in [0.29, 0.717) is 22.5 Å². The first-order valence-electron chi connectivity index (χ1n) is 9.60. The van der Waals surface area contributed by atoms with Gasteiger partial charge in [-0.25, -0.2) is 4.79 Å². The molecular weight excluding hydrogens is 384 g/mol. The Morgan fingerprint density at radius 3 is 2.38 bits per heavy atom. The molecule has 3 rings (SSSR count). The van der Waals surface area contributed by atoms with Crippen LogP contribution in [-0.4, -0.2) is 29.9 Å². The molecule has 29 heavy (non-hydrogen) atoms. The van der Waals surface area contributed by atoms with E-state index in [1.54, 1.807) is 25.2 Å². The summed E-state index contributed by atoms with van der Waals surface area (Å²) in [6, 6.07) is 12.3. The summed E-state index contributed by atoms with van der Waals surface area (Å²) >= 11 is 1.68. The van der Waals surface area contributed by atoms with E-state index >= 15 is 0 Å². The van der Waals surface area contributed by atoms with Crippen LogP contribution in [0.1, 0.15) is 61.1 Å². The number of aromatic nitrogens is 1. The standard InChI is InChI=1S/C23H26N2O3S/c1-13-8-10-17(11-9-13)21(18-7-6-12-29-18)25-16(4)22(26)20-14(2)19(15(3)24-20)23(27)28-5/h6-12,16,21,24-25H,1-5H3/p+1/t16-,21-/m1/s1. The molecule has 0 bridgehead atoms. The van der Waals surface area contributed by atoms with Crippen molar-refractivity contribution in [2.75, 3.05) is 7.11 Å². The largest absolute Gasteiger partial charge is 0.465 e. The molecule has 0 radical (unpaired) electrons. The number of hydrogen-bond acceptors (Lipinski definition) is 4. The molecule has 6 heteroatoms. The number of Topliss-reactive ketones (excluding diaryl/α,β-unsaturated/α-hetero) is 1. The van der Waals surface area contributed by atoms with Crippen LogP contribution in [0.25, 0.3) is 0 Å². The minimum atomic E-state index is -0.428. The van der Waals surface area contributed by atoms with Crippen molar-refractivity contribution in [2.24, 2.45) is 0 Å². The van der Waals surface area contributed by atoms with E-state index in [4.69, 9.17) is 4.74 Å². The van der Waals surface area contributed by atoms with Gasteiger partial charge in [0, 0.05) is 11.3 Å². The molecule has 2 aromatic heterocycles. The molecule has 1 aromatic carbocycles. The summed E-state index contributed by atoms with van der Waals surface area (Å²) in [4.78, 5) is 29.6. The van der Waals surface area contributed by atoms with Gasteiger partial charge in [-0.1, -0.05) is 35.9 Å². The molecule has 0 saturated heterocycles. The number of hydrogen-bond donors (Lipinski definition) is 2. The van der Waals surface area contributed by atoms with E-state index in [1.165, 1.54) is 17.6 Å². The van der Waals surface area contributed by atoms with E-state index in [0.717, 1.165) is 5.56 Å². The normalized spacial score (nSPS) is 13.1. The van der Waals surface area contributed by atoms with E-state index in [2.05, 4.69) is 52.9 Å². The topological polar surface area (TPSA) is 75.8 Å². The first-order valence-corrected chi connectivity index (χ1v) is 10.5. The Balaban J connectivity index is 1.89. The number of nitrogens with one attached hydrogen (secondary N) is 1. The summed E-state index contributed by atoms with van der Waals surface area (Å²) in [5.74, 6) is -0.461. The summed E-state index contributed by atoms with van der Waals surface area (Å²) in [5.41, 5.74) is 4.57. The van der Waals surface area contributed by atoms with Crippen molar-refractivity contribution in [1.29, 1.82) is 0 Å². The van der Waals surface area contributed by atoms with Gasteiger partial charge in [0.1, 0.15) is 12.1 Å². The summed E-state index contributed by atoms with van der Waals surface area (Å²) in [7, 11) is 1.35. The van der Waals surface area contributed by atoms with Crippen LogP contribution >= 0.6 is 11.3 Å². The van der Waals surface area contributed by atoms with E-state index < -0.39 is 5.97 Å². The molecule has 3 aromatic rings. The second-order valence-electron chi connectivity index (χ2n) is 7.37. The lowest BCUT2D eigenvalue weighted by atomic mass is 10.0. The maximum absolute atomic E-state index is 13.2. The van der Waals surface area contributed by atoms with Crippen molar-refractivity contribution in [3.63, 3.8) is 0 Å². The summed E-state index contributed by atoms with van der Waals surface area (Å²) in [6.07, 6.45) is 0. The van der Waals surface area contributed by atoms with Gasteiger partial charge in [0.05, 0.1) is 23.2 Å². The Morgan fingerprint density at radius 1 is 1.10 bits per heavy atom. The molecule has 5 nitrogen and oxygen atoms in total. The Hall–Kier alpha value is -2.70. The summed E-state index contributed by atoms with van der Waals surface area (Å²) in [6.45, 7) is 7.54. The van der Waals surface area contributed by atoms with Gasteiger partial charge in [0.2, 0.25) is 5.78 Å². The van der Waals surface area contributed by atoms with Gasteiger partial charge in [0.25, 0.3) is 0 Å². The average Bonchev–Trinajstić information content (AvgIpc) is 3.34. The lowest BCUT2D eigenvalue weighted by molar-refractivity contribution is -0.703. The Kier molecular flexibility index (Phi) is 6.35. The first kappa shape index (κ1) is 21.0. The number of nitrogens with two attached hydrogens (primary N) is 1. The third-order valence-corrected chi connectivity index (χ3v) is 6.21. The van der Waals surface area contributed by atoms with E-state index in [1.807, 2.05) is 13.0 Å². The summed E-state index contributed by atoms with van der Waals surface area (Å²) in [5, 5.41) is 4.14. The zero-order valence-electron chi connectivity index (χ0n) is 17.4. The van der Waals surface area contributed by atoms with Gasteiger partial charge in [-0.3, -0.25) is 4.79 Å². The molecule has 0 aliphatic rings. The average molecular weight is 412 g/mol. The van der Waals surface area contributed by atoms with Crippen LogP contribution in [0.15, 0.2) is 41.8 Å². The maximum Gasteiger partial charge on any atom is 0.339 e. The lowest BCUT2D eigenvalue weighted by Crippen LogP contribution is -2.92. The number of carbonyl (C=O) groups excluding carboxylic acids is 2. The molecule has 0 spiro atoms. The number of aromatic amines is 1. The number of ketones is 1. The van der Waals surface area contributed by atoms with Gasteiger partial charge in [-0.15, -0.1) is 11.3 Å². The predicted octanol–water partition coefficient (Wildman–Crippen LogP) is 3.71. The zero-order chi connectivity index (χ0) is 21.1. The molecule has 2 atom stereocenters. The Bertz CT molecular complexity index is 1000. The molecule has 2 heterocycles. The van der Waals surface area contributed by atoms with Crippen molar-refractivity contribution in [2.45, 2.75) is 39.8 Å². The number of benzene rings is 1. The monoisotopic (exact) mass is 411 g/mol. The Morgan fingerprint density at radius 2 is 1.79 bits per heavy atom. The van der Waals surface area contributed by atoms with Crippen molar-refractivity contribution in [3.8, 4) is 0 Å². The maximum atomic E-state index is 13.2. The number of methoxy groups -OCH3 is 1. The molecule has 0 unspecified atom stereocenters. The number of aryl methyl sites for hydroxylation is 2. The third-order valence-electron chi connectivity index (χ3n) is 5.25. The third kappa shape index (κ3) is 4.33. The van der Waals surface area contributed by atoms with Crippen molar-refractivity contribution in [1.82, 2.24) is 4.98 Å². The van der Waals surface area contributed by atoms with Crippen LogP contribution < -0.4 is 5.32 Å². The number of thiophene rings is 1. The second kappa shape index (κ2) is 8.76. The van der Waals surface area contributed by atoms with Crippen LogP contribution in [-0.2, 0) is 4.74 Å². The van der Waals surface area contributed by atoms with Crippen LogP contribution in [0.2, 0.25) is 0 Å². The number of esters is 1. The highest BCUT2D eigenvalue weighted by Crippen LogP contribution is 2.24. The van der Waals surface area contributed by atoms with Crippen LogP contribution in [0.3, 0.4) is 0 Å². The van der Waals surface area contributed by atoms with E-state index in [-0.39, 0.29) is 17.9 Å². The SMILES string of the molecule is COC(=O)c1c(C)[nH]c(C(=O)[C@@H](C)[NH2+][C@H](c2ccc(C)cc2)c2cccs2)c1C. The quantitative estimate of drug-likeness (QED) is 0.460. The molecule has 0 aliphatic carbocycles. The fourth-order valence-corrected chi connectivity index (χ4v) is 4.45. The van der Waals surface area contributed by atoms with Gasteiger partial charge in [0.15, 0.2) is 0 Å². The van der Waals surface area contributed by atoms with E-state index in [9.17, 15) is 9.59 Å². The van der Waals surface area contributed by atoms with Crippen molar-refractivity contribution in [3.05, 3.63) is 80.3 Å².